The monoisotopic (exact) mass is 160 g/mol. The van der Waals surface area contributed by atoms with Gasteiger partial charge in [-0.3, -0.25) is 0 Å². The molecule has 0 aromatic heterocycles. The average Bonchev–Trinajstić information content (AvgIpc) is 1.88. The van der Waals surface area contributed by atoms with Crippen molar-refractivity contribution in [2.75, 3.05) is 5.88 Å². The first kappa shape index (κ1) is 10.0. The lowest BCUT2D eigenvalue weighted by Crippen LogP contribution is -2.24. The van der Waals surface area contributed by atoms with Crippen LogP contribution in [0.1, 0.15) is 27.2 Å². The first-order valence-electron chi connectivity index (χ1n) is 3.73. The topological polar surface area (TPSA) is 0 Å². The SMILES string of the molecule is C=CCC(C)(CCl)C(C)C. The van der Waals surface area contributed by atoms with Gasteiger partial charge in [0.15, 0.2) is 0 Å². The normalized spacial score (nSPS) is 16.9. The van der Waals surface area contributed by atoms with Crippen molar-refractivity contribution in [1.29, 1.82) is 0 Å². The lowest BCUT2D eigenvalue weighted by Gasteiger charge is -2.30. The van der Waals surface area contributed by atoms with E-state index in [1.807, 2.05) is 6.08 Å². The molecule has 0 heterocycles. The van der Waals surface area contributed by atoms with Crippen LogP contribution >= 0.6 is 11.6 Å². The Kier molecular flexibility index (Phi) is 4.04. The number of rotatable bonds is 4. The Morgan fingerprint density at radius 2 is 2.10 bits per heavy atom. The van der Waals surface area contributed by atoms with Crippen molar-refractivity contribution in [3.8, 4) is 0 Å². The molecule has 0 aliphatic carbocycles. The highest BCUT2D eigenvalue weighted by Crippen LogP contribution is 2.32. The molecule has 60 valence electrons. The first-order chi connectivity index (χ1) is 4.56. The first-order valence-corrected chi connectivity index (χ1v) is 4.27. The van der Waals surface area contributed by atoms with Gasteiger partial charge in [-0.15, -0.1) is 18.2 Å². The fourth-order valence-electron chi connectivity index (χ4n) is 0.774. The lowest BCUT2D eigenvalue weighted by atomic mass is 9.78. The Morgan fingerprint density at radius 3 is 2.20 bits per heavy atom. The van der Waals surface area contributed by atoms with Gasteiger partial charge < -0.3 is 0 Å². The van der Waals surface area contributed by atoms with E-state index in [4.69, 9.17) is 11.6 Å². The van der Waals surface area contributed by atoms with Crippen LogP contribution in [0.2, 0.25) is 0 Å². The quantitative estimate of drug-likeness (QED) is 0.437. The summed E-state index contributed by atoms with van der Waals surface area (Å²) in [5.41, 5.74) is 0.239. The predicted molar refractivity (Wildman–Crippen MR) is 48.5 cm³/mol. The fourth-order valence-corrected chi connectivity index (χ4v) is 1.19. The molecule has 1 atom stereocenters. The Balaban J connectivity index is 4.07. The maximum absolute atomic E-state index is 5.83. The minimum Gasteiger partial charge on any atom is -0.126 e. The van der Waals surface area contributed by atoms with Crippen molar-refractivity contribution in [3.63, 3.8) is 0 Å². The predicted octanol–water partition coefficient (Wildman–Crippen LogP) is 3.46. The third-order valence-electron chi connectivity index (χ3n) is 2.31. The summed E-state index contributed by atoms with van der Waals surface area (Å²) in [4.78, 5) is 0. The second-order valence-electron chi connectivity index (χ2n) is 3.44. The van der Waals surface area contributed by atoms with Crippen molar-refractivity contribution in [2.24, 2.45) is 11.3 Å². The molecule has 0 bridgehead atoms. The Bertz CT molecular complexity index is 107. The van der Waals surface area contributed by atoms with Crippen molar-refractivity contribution in [2.45, 2.75) is 27.2 Å². The number of hydrogen-bond donors (Lipinski definition) is 0. The van der Waals surface area contributed by atoms with E-state index in [1.165, 1.54) is 0 Å². The van der Waals surface area contributed by atoms with Crippen LogP contribution in [0.25, 0.3) is 0 Å². The second-order valence-corrected chi connectivity index (χ2v) is 3.70. The van der Waals surface area contributed by atoms with Crippen LogP contribution in [0, 0.1) is 11.3 Å². The van der Waals surface area contributed by atoms with Crippen molar-refractivity contribution < 1.29 is 0 Å². The third-order valence-corrected chi connectivity index (χ3v) is 2.92. The summed E-state index contributed by atoms with van der Waals surface area (Å²) >= 11 is 5.83. The smallest absolute Gasteiger partial charge is 0.0282 e. The third kappa shape index (κ3) is 2.34. The molecule has 0 amide bonds. The molecule has 0 aliphatic rings. The zero-order chi connectivity index (χ0) is 8.20. The molecular weight excluding hydrogens is 144 g/mol. The van der Waals surface area contributed by atoms with Gasteiger partial charge >= 0.3 is 0 Å². The fraction of sp³-hybridized carbons (Fsp3) is 0.778. The van der Waals surface area contributed by atoms with E-state index in [1.54, 1.807) is 0 Å². The molecule has 1 heteroatoms. The van der Waals surface area contributed by atoms with E-state index in [9.17, 15) is 0 Å². The molecule has 10 heavy (non-hydrogen) atoms. The van der Waals surface area contributed by atoms with Crippen LogP contribution in [0.5, 0.6) is 0 Å². The molecule has 0 nitrogen and oxygen atoms in total. The summed E-state index contributed by atoms with van der Waals surface area (Å²) in [7, 11) is 0. The number of alkyl halides is 1. The second kappa shape index (κ2) is 4.02. The summed E-state index contributed by atoms with van der Waals surface area (Å²) in [6.07, 6.45) is 2.95. The van der Waals surface area contributed by atoms with Gasteiger partial charge in [-0.05, 0) is 17.8 Å². The van der Waals surface area contributed by atoms with Gasteiger partial charge in [0, 0.05) is 5.88 Å². The summed E-state index contributed by atoms with van der Waals surface area (Å²) in [6, 6.07) is 0. The van der Waals surface area contributed by atoms with Crippen LogP contribution in [-0.2, 0) is 0 Å². The van der Waals surface area contributed by atoms with Crippen LogP contribution in [0.4, 0.5) is 0 Å². The van der Waals surface area contributed by atoms with Crippen LogP contribution < -0.4 is 0 Å². The Morgan fingerprint density at radius 1 is 1.60 bits per heavy atom. The van der Waals surface area contributed by atoms with E-state index >= 15 is 0 Å². The average molecular weight is 161 g/mol. The van der Waals surface area contributed by atoms with E-state index < -0.39 is 0 Å². The summed E-state index contributed by atoms with van der Waals surface area (Å²) < 4.78 is 0. The zero-order valence-electron chi connectivity index (χ0n) is 7.15. The number of hydrogen-bond acceptors (Lipinski definition) is 0. The van der Waals surface area contributed by atoms with Gasteiger partial charge in [0.2, 0.25) is 0 Å². The molecule has 0 aromatic rings. The van der Waals surface area contributed by atoms with Crippen LogP contribution in [0.3, 0.4) is 0 Å². The standard InChI is InChI=1S/C9H17Cl/c1-5-6-9(4,7-10)8(2)3/h5,8H,1,6-7H2,2-4H3. The molecule has 0 fully saturated rings. The van der Waals surface area contributed by atoms with Gasteiger partial charge in [0.1, 0.15) is 0 Å². The summed E-state index contributed by atoms with van der Waals surface area (Å²) in [5.74, 6) is 1.35. The molecular formula is C9H17Cl. The molecule has 1 unspecified atom stereocenters. The van der Waals surface area contributed by atoms with Crippen LogP contribution in [-0.4, -0.2) is 5.88 Å². The summed E-state index contributed by atoms with van der Waals surface area (Å²) in [5, 5.41) is 0. The summed E-state index contributed by atoms with van der Waals surface area (Å²) in [6.45, 7) is 10.3. The Labute approximate surface area is 69.3 Å². The van der Waals surface area contributed by atoms with Crippen molar-refractivity contribution in [1.82, 2.24) is 0 Å². The maximum atomic E-state index is 5.83. The van der Waals surface area contributed by atoms with Crippen molar-refractivity contribution in [3.05, 3.63) is 12.7 Å². The molecule has 0 N–H and O–H groups in total. The largest absolute Gasteiger partial charge is 0.126 e. The highest BCUT2D eigenvalue weighted by Gasteiger charge is 2.25. The lowest BCUT2D eigenvalue weighted by molar-refractivity contribution is 0.259. The van der Waals surface area contributed by atoms with E-state index in [2.05, 4.69) is 27.4 Å². The van der Waals surface area contributed by atoms with E-state index in [-0.39, 0.29) is 5.41 Å². The van der Waals surface area contributed by atoms with E-state index in [0.29, 0.717) is 5.92 Å². The molecule has 0 saturated carbocycles. The molecule has 0 spiro atoms. The zero-order valence-corrected chi connectivity index (χ0v) is 7.91. The molecule has 0 saturated heterocycles. The highest BCUT2D eigenvalue weighted by atomic mass is 35.5. The maximum Gasteiger partial charge on any atom is 0.0282 e. The Hall–Kier alpha value is 0.0300. The van der Waals surface area contributed by atoms with Gasteiger partial charge in [0.05, 0.1) is 0 Å². The highest BCUT2D eigenvalue weighted by molar-refractivity contribution is 6.18. The van der Waals surface area contributed by atoms with Crippen molar-refractivity contribution >= 4 is 11.6 Å². The molecule has 0 rings (SSSR count). The van der Waals surface area contributed by atoms with Gasteiger partial charge in [-0.2, -0.15) is 0 Å². The van der Waals surface area contributed by atoms with E-state index in [0.717, 1.165) is 12.3 Å². The number of halogens is 1. The molecule has 0 radical (unpaired) electrons. The van der Waals surface area contributed by atoms with Gasteiger partial charge in [-0.25, -0.2) is 0 Å². The number of allylic oxidation sites excluding steroid dienone is 1. The molecule has 0 aromatic carbocycles. The minimum atomic E-state index is 0.239. The van der Waals surface area contributed by atoms with Gasteiger partial charge in [-0.1, -0.05) is 26.8 Å². The van der Waals surface area contributed by atoms with Gasteiger partial charge in [0.25, 0.3) is 0 Å². The van der Waals surface area contributed by atoms with Crippen LogP contribution in [0.15, 0.2) is 12.7 Å². The molecule has 0 aliphatic heterocycles. The minimum absolute atomic E-state index is 0.239.